The first kappa shape index (κ1) is 29.9. The molecular weight excluding hydrogens is 576 g/mol. The molecule has 4 aliphatic rings. The van der Waals surface area contributed by atoms with Crippen LogP contribution >= 0.6 is 0 Å². The van der Waals surface area contributed by atoms with Crippen molar-refractivity contribution in [1.29, 1.82) is 0 Å². The van der Waals surface area contributed by atoms with Crippen molar-refractivity contribution >= 4 is 46.2 Å². The fraction of sp³-hybridized carbons (Fsp3) is 0.371. The topological polar surface area (TPSA) is 105 Å². The third-order valence-electron chi connectivity index (χ3n) is 9.10. The largest absolute Gasteiger partial charge is 0.366 e. The standard InChI is InChI=1S/C35H40N10O/c1-42-13-3-4-14-45(20-17-42)34-30-21-25(5-7-31(30)36-11-12-38-34)28-9-10-37-33-29(28)22-26(23-40-33)35(46)41-27-6-8-32(39-24-27)44-18-15-43(2)16-19-44/h5-9,12,21-24H,3-4,10,13-20H2,1-2H3,(H,37,40)(H,41,46). The summed E-state index contributed by atoms with van der Waals surface area (Å²) in [6, 6.07) is 12.1. The van der Waals surface area contributed by atoms with Crippen molar-refractivity contribution < 1.29 is 4.79 Å². The number of nitrogens with zero attached hydrogens (tertiary/aromatic N) is 8. The van der Waals surface area contributed by atoms with E-state index in [9.17, 15) is 4.79 Å². The van der Waals surface area contributed by atoms with Crippen LogP contribution in [0.2, 0.25) is 0 Å². The van der Waals surface area contributed by atoms with Gasteiger partial charge >= 0.3 is 0 Å². The molecule has 2 saturated heterocycles. The molecule has 0 unspecified atom stereocenters. The molecule has 0 saturated carbocycles. The third-order valence-corrected chi connectivity index (χ3v) is 9.10. The number of aliphatic imine (C=N–C) groups is 2. The highest BCUT2D eigenvalue weighted by Gasteiger charge is 2.23. The summed E-state index contributed by atoms with van der Waals surface area (Å²) < 4.78 is 0. The summed E-state index contributed by atoms with van der Waals surface area (Å²) in [6.07, 6.45) is 9.44. The normalized spacial score (nSPS) is 18.7. The number of carbonyl (C=O) groups is 1. The minimum absolute atomic E-state index is 0.229. The Labute approximate surface area is 270 Å². The van der Waals surface area contributed by atoms with Crippen LogP contribution in [0.4, 0.5) is 23.0 Å². The third kappa shape index (κ3) is 6.44. The number of fused-ring (bicyclic) bond motifs is 2. The molecule has 0 bridgehead atoms. The minimum Gasteiger partial charge on any atom is -0.366 e. The monoisotopic (exact) mass is 616 g/mol. The summed E-state index contributed by atoms with van der Waals surface area (Å²) in [6.45, 7) is 8.51. The van der Waals surface area contributed by atoms with Crippen LogP contribution in [0.25, 0.3) is 5.57 Å². The van der Waals surface area contributed by atoms with E-state index in [0.717, 1.165) is 111 Å². The van der Waals surface area contributed by atoms with E-state index >= 15 is 0 Å². The molecule has 2 aromatic heterocycles. The second-order valence-corrected chi connectivity index (χ2v) is 12.3. The average Bonchev–Trinajstić information content (AvgIpc) is 3.29. The van der Waals surface area contributed by atoms with Gasteiger partial charge in [0.2, 0.25) is 0 Å². The lowest BCUT2D eigenvalue weighted by Gasteiger charge is -2.33. The van der Waals surface area contributed by atoms with E-state index < -0.39 is 0 Å². The predicted octanol–water partition coefficient (Wildman–Crippen LogP) is 3.94. The fourth-order valence-electron chi connectivity index (χ4n) is 6.36. The van der Waals surface area contributed by atoms with Gasteiger partial charge in [0.25, 0.3) is 5.91 Å². The number of amidine groups is 1. The number of amides is 1. The van der Waals surface area contributed by atoms with Crippen LogP contribution in [0, 0.1) is 0 Å². The van der Waals surface area contributed by atoms with Crippen LogP contribution < -0.4 is 15.5 Å². The van der Waals surface area contributed by atoms with Crippen molar-refractivity contribution in [3.05, 3.63) is 83.3 Å². The molecule has 11 heteroatoms. The first-order valence-electron chi connectivity index (χ1n) is 16.1. The Kier molecular flexibility index (Phi) is 8.61. The second-order valence-electron chi connectivity index (χ2n) is 12.3. The number of hydrogen-bond donors (Lipinski definition) is 2. The maximum absolute atomic E-state index is 13.4. The van der Waals surface area contributed by atoms with E-state index in [1.54, 1.807) is 18.6 Å². The Hall–Kier alpha value is -4.83. The first-order chi connectivity index (χ1) is 22.5. The van der Waals surface area contributed by atoms with Crippen LogP contribution in [0.5, 0.6) is 0 Å². The molecule has 0 spiro atoms. The zero-order valence-corrected chi connectivity index (χ0v) is 26.5. The van der Waals surface area contributed by atoms with Gasteiger partial charge in [-0.1, -0.05) is 12.1 Å². The number of rotatable bonds is 4. The zero-order chi connectivity index (χ0) is 31.5. The number of anilines is 3. The molecule has 4 aliphatic heterocycles. The van der Waals surface area contributed by atoms with Gasteiger partial charge in [0.1, 0.15) is 17.5 Å². The van der Waals surface area contributed by atoms with Crippen molar-refractivity contribution in [2.75, 3.05) is 88.5 Å². The quantitative estimate of drug-likeness (QED) is 0.455. The molecule has 1 aromatic carbocycles. The molecule has 11 nitrogen and oxygen atoms in total. The van der Waals surface area contributed by atoms with Crippen molar-refractivity contribution in [3.63, 3.8) is 0 Å². The van der Waals surface area contributed by atoms with Gasteiger partial charge in [0.05, 0.1) is 29.3 Å². The second kappa shape index (κ2) is 13.3. The molecule has 1 amide bonds. The average molecular weight is 617 g/mol. The molecule has 0 radical (unpaired) electrons. The number of nitrogens with one attached hydrogen (secondary N) is 2. The maximum atomic E-state index is 13.4. The van der Waals surface area contributed by atoms with Gasteiger partial charge in [-0.05, 0) is 75.0 Å². The maximum Gasteiger partial charge on any atom is 0.257 e. The van der Waals surface area contributed by atoms with E-state index in [-0.39, 0.29) is 5.91 Å². The van der Waals surface area contributed by atoms with Crippen molar-refractivity contribution in [2.24, 2.45) is 9.98 Å². The highest BCUT2D eigenvalue weighted by molar-refractivity contribution is 6.07. The van der Waals surface area contributed by atoms with Gasteiger partial charge in [-0.25, -0.2) is 20.0 Å². The highest BCUT2D eigenvalue weighted by Crippen LogP contribution is 2.35. The molecule has 3 aromatic rings. The Balaban J connectivity index is 1.12. The number of aromatic nitrogens is 2. The van der Waals surface area contributed by atoms with E-state index in [4.69, 9.17) is 4.99 Å². The van der Waals surface area contributed by atoms with Crippen LogP contribution in [0.1, 0.15) is 39.9 Å². The Morgan fingerprint density at radius 3 is 2.48 bits per heavy atom. The molecule has 0 atom stereocenters. The molecule has 46 heavy (non-hydrogen) atoms. The van der Waals surface area contributed by atoms with Crippen molar-refractivity contribution in [2.45, 2.75) is 12.8 Å². The number of carbonyl (C=O) groups excluding carboxylic acids is 1. The highest BCUT2D eigenvalue weighted by atomic mass is 16.1. The summed E-state index contributed by atoms with van der Waals surface area (Å²) in [4.78, 5) is 41.4. The molecule has 7 rings (SSSR count). The molecule has 236 valence electrons. The van der Waals surface area contributed by atoms with E-state index in [1.165, 1.54) is 0 Å². The number of pyridine rings is 2. The Morgan fingerprint density at radius 2 is 1.65 bits per heavy atom. The number of piperazine rings is 1. The molecular formula is C35H40N10O. The van der Waals surface area contributed by atoms with E-state index in [2.05, 4.69) is 83.4 Å². The smallest absolute Gasteiger partial charge is 0.257 e. The van der Waals surface area contributed by atoms with E-state index in [0.29, 0.717) is 17.8 Å². The lowest BCUT2D eigenvalue weighted by molar-refractivity contribution is 0.102. The molecule has 6 heterocycles. The number of likely N-dealkylation sites (N-methyl/N-ethyl adjacent to an activating group) is 2. The van der Waals surface area contributed by atoms with Crippen molar-refractivity contribution in [1.82, 2.24) is 24.7 Å². The summed E-state index contributed by atoms with van der Waals surface area (Å²) in [5, 5.41) is 6.37. The van der Waals surface area contributed by atoms with Gasteiger partial charge < -0.3 is 30.2 Å². The first-order valence-corrected chi connectivity index (χ1v) is 16.1. The van der Waals surface area contributed by atoms with Gasteiger partial charge in [0.15, 0.2) is 0 Å². The van der Waals surface area contributed by atoms with Gasteiger partial charge in [-0.2, -0.15) is 0 Å². The minimum atomic E-state index is -0.229. The summed E-state index contributed by atoms with van der Waals surface area (Å²) in [5.41, 5.74) is 5.88. The van der Waals surface area contributed by atoms with Crippen LogP contribution in [0.3, 0.4) is 0 Å². The zero-order valence-electron chi connectivity index (χ0n) is 26.5. The summed E-state index contributed by atoms with van der Waals surface area (Å²) in [5.74, 6) is 5.35. The molecule has 0 aliphatic carbocycles. The van der Waals surface area contributed by atoms with Crippen LogP contribution in [0.15, 0.2) is 71.1 Å². The Bertz CT molecular complexity index is 1730. The van der Waals surface area contributed by atoms with Gasteiger partial charge in [-0.15, -0.1) is 0 Å². The van der Waals surface area contributed by atoms with Gasteiger partial charge in [-0.3, -0.25) is 4.79 Å². The lowest BCUT2D eigenvalue weighted by atomic mass is 9.92. The van der Waals surface area contributed by atoms with Crippen LogP contribution in [-0.2, 0) is 0 Å². The number of hydrogen-bond acceptors (Lipinski definition) is 10. The lowest BCUT2D eigenvalue weighted by Crippen LogP contribution is -2.44. The van der Waals surface area contributed by atoms with Crippen molar-refractivity contribution in [3.8, 4) is 0 Å². The molecule has 2 N–H and O–H groups in total. The number of benzene rings is 1. The summed E-state index contributed by atoms with van der Waals surface area (Å²) >= 11 is 0. The predicted molar refractivity (Wildman–Crippen MR) is 185 cm³/mol. The van der Waals surface area contributed by atoms with Crippen LogP contribution in [-0.4, -0.2) is 115 Å². The van der Waals surface area contributed by atoms with E-state index in [1.807, 2.05) is 24.3 Å². The summed E-state index contributed by atoms with van der Waals surface area (Å²) in [7, 11) is 4.32. The Morgan fingerprint density at radius 1 is 0.848 bits per heavy atom. The van der Waals surface area contributed by atoms with Gasteiger partial charge in [0, 0.05) is 75.6 Å². The fourth-order valence-corrected chi connectivity index (χ4v) is 6.36. The molecule has 2 fully saturated rings. The SMILES string of the molecule is CN1CCCCN(C2=NC=C=Nc3ccc(C4=CCNc5ncc(C(=O)Nc6ccc(N7CCN(C)CC7)nc6)cc54)cc32)CC1.